The highest BCUT2D eigenvalue weighted by molar-refractivity contribution is 7.23. The predicted molar refractivity (Wildman–Crippen MR) is 191 cm³/mol. The van der Waals surface area contributed by atoms with Crippen LogP contribution in [0.1, 0.15) is 63.7 Å². The molecule has 0 radical (unpaired) electrons. The molecule has 2 aliphatic carbocycles. The summed E-state index contributed by atoms with van der Waals surface area (Å²) in [5.74, 6) is -0.435. The van der Waals surface area contributed by atoms with Crippen LogP contribution in [-0.4, -0.2) is 44.6 Å². The molecular weight excluding hydrogens is 710 g/mol. The summed E-state index contributed by atoms with van der Waals surface area (Å²) < 4.78 is 40.7. The highest BCUT2D eigenvalue weighted by Gasteiger charge is 2.65. The molecule has 1 saturated carbocycles. The third kappa shape index (κ3) is 4.54. The number of carbonyl (C=O) groups excluding carboxylic acids is 1. The topological polar surface area (TPSA) is 126 Å². The lowest BCUT2D eigenvalue weighted by molar-refractivity contribution is 0.0637. The third-order valence-electron chi connectivity index (χ3n) is 11.2. The first-order valence-electron chi connectivity index (χ1n) is 17.1. The van der Waals surface area contributed by atoms with Gasteiger partial charge in [-0.05, 0) is 96.9 Å². The monoisotopic (exact) mass is 738 g/mol. The van der Waals surface area contributed by atoms with E-state index in [1.165, 1.54) is 30.6 Å². The van der Waals surface area contributed by atoms with Crippen molar-refractivity contribution in [2.45, 2.75) is 50.1 Å². The Hall–Kier alpha value is -5.14. The highest BCUT2D eigenvalue weighted by Crippen LogP contribution is 2.63. The summed E-state index contributed by atoms with van der Waals surface area (Å²) >= 11 is 7.86. The number of aromatic nitrogens is 4. The van der Waals surface area contributed by atoms with Gasteiger partial charge >= 0.3 is 5.76 Å². The predicted octanol–water partition coefficient (Wildman–Crippen LogP) is 7.60. The number of nitrogens with zero attached hydrogens (tertiary/aromatic N) is 4. The van der Waals surface area contributed by atoms with Crippen LogP contribution in [0.2, 0.25) is 5.02 Å². The van der Waals surface area contributed by atoms with Gasteiger partial charge in [-0.25, -0.2) is 23.7 Å². The van der Waals surface area contributed by atoms with Crippen molar-refractivity contribution >= 4 is 44.7 Å². The van der Waals surface area contributed by atoms with Crippen molar-refractivity contribution in [3.8, 4) is 27.6 Å². The van der Waals surface area contributed by atoms with Crippen LogP contribution < -0.4 is 15.8 Å². The van der Waals surface area contributed by atoms with Crippen LogP contribution in [0.3, 0.4) is 0 Å². The van der Waals surface area contributed by atoms with Crippen LogP contribution in [0.15, 0.2) is 57.9 Å². The zero-order valence-corrected chi connectivity index (χ0v) is 29.3. The van der Waals surface area contributed by atoms with E-state index in [2.05, 4.69) is 15.5 Å². The third-order valence-corrected chi connectivity index (χ3v) is 12.6. The maximum absolute atomic E-state index is 15.3. The number of nitrogens with one attached hydrogen (secondary N) is 2. The first kappa shape index (κ1) is 31.6. The molecule has 1 unspecified atom stereocenters. The number of fused-ring (bicyclic) bond motifs is 3. The number of amides is 1. The van der Waals surface area contributed by atoms with Gasteiger partial charge in [0.05, 0.1) is 50.9 Å². The van der Waals surface area contributed by atoms with Gasteiger partial charge < -0.3 is 19.4 Å². The molecule has 4 aromatic heterocycles. The second kappa shape index (κ2) is 11.4. The minimum Gasteiger partial charge on any atom is -0.492 e. The molecule has 262 valence electrons. The lowest BCUT2D eigenvalue weighted by atomic mass is 9.71. The number of aryl methyl sites for hydroxylation is 2. The summed E-state index contributed by atoms with van der Waals surface area (Å²) in [6.07, 6.45) is 5.54. The number of pyridine rings is 2. The van der Waals surface area contributed by atoms with Crippen molar-refractivity contribution in [1.29, 1.82) is 0 Å². The zero-order chi connectivity index (χ0) is 35.5. The highest BCUT2D eigenvalue weighted by atomic mass is 35.5. The van der Waals surface area contributed by atoms with Gasteiger partial charge in [0.1, 0.15) is 11.6 Å². The number of benzene rings is 2. The van der Waals surface area contributed by atoms with Gasteiger partial charge in [0.25, 0.3) is 11.8 Å². The molecule has 1 amide bonds. The average Bonchev–Trinajstić information content (AvgIpc) is 3.97. The van der Waals surface area contributed by atoms with Crippen LogP contribution in [-0.2, 0) is 24.8 Å². The van der Waals surface area contributed by atoms with Crippen molar-refractivity contribution in [1.82, 2.24) is 25.1 Å². The quantitative estimate of drug-likeness (QED) is 0.164. The van der Waals surface area contributed by atoms with Gasteiger partial charge in [0.15, 0.2) is 11.6 Å². The molecule has 52 heavy (non-hydrogen) atoms. The summed E-state index contributed by atoms with van der Waals surface area (Å²) in [7, 11) is 1.40. The molecule has 2 bridgehead atoms. The molecule has 3 aliphatic heterocycles. The van der Waals surface area contributed by atoms with Crippen molar-refractivity contribution in [3.63, 3.8) is 0 Å². The molecule has 14 heteroatoms. The first-order valence-corrected chi connectivity index (χ1v) is 18.3. The second-order valence-electron chi connectivity index (χ2n) is 14.0. The summed E-state index contributed by atoms with van der Waals surface area (Å²) in [4.78, 5) is 39.5. The van der Waals surface area contributed by atoms with E-state index in [-0.39, 0.29) is 34.4 Å². The Kier molecular flexibility index (Phi) is 6.94. The van der Waals surface area contributed by atoms with E-state index in [4.69, 9.17) is 30.7 Å². The SMILES string of the molecule is COc1c(Cl)cc2c(c1F)CCC2Nc1nccc2cc(-c3c4c(nc(CCc5ccc(F)cc5)c3-c3n[nH]c(=O)o3)C35CC(CN3C4=O)C5)sc12. The van der Waals surface area contributed by atoms with Crippen LogP contribution >= 0.6 is 22.9 Å². The van der Waals surface area contributed by atoms with Gasteiger partial charge in [-0.15, -0.1) is 16.4 Å². The Balaban J connectivity index is 1.13. The van der Waals surface area contributed by atoms with Crippen LogP contribution in [0, 0.1) is 17.6 Å². The van der Waals surface area contributed by atoms with Gasteiger partial charge in [-0.1, -0.05) is 23.7 Å². The molecule has 2 saturated heterocycles. The van der Waals surface area contributed by atoms with E-state index < -0.39 is 17.1 Å². The van der Waals surface area contributed by atoms with Crippen LogP contribution in [0.4, 0.5) is 14.6 Å². The number of carbonyl (C=O) groups is 1. The summed E-state index contributed by atoms with van der Waals surface area (Å²) in [6, 6.07) is 11.8. The summed E-state index contributed by atoms with van der Waals surface area (Å²) in [5, 5.41) is 11.3. The van der Waals surface area contributed by atoms with Crippen molar-refractivity contribution in [2.75, 3.05) is 19.0 Å². The maximum atomic E-state index is 15.3. The standard InChI is InChI=1S/C38H29ClF2N6O4S/c1-50-31-23(39)13-22-21(30(31)41)7-9-24(22)44-34-32-19(10-11-42-34)12-26(52-32)28-27(35-45-46-37(49)51-35)25(8-4-17-2-5-20(40)6-3-17)43-33-29(28)36(48)47-16-18-14-38(33,47)15-18/h2-3,5-6,10-13,18,24H,4,7-9,14-16H2,1H3,(H,42,44)(H,46,49). The van der Waals surface area contributed by atoms with E-state index in [9.17, 15) is 14.0 Å². The number of rotatable bonds is 8. The van der Waals surface area contributed by atoms with E-state index in [1.807, 2.05) is 17.0 Å². The fourth-order valence-electron chi connectivity index (χ4n) is 8.86. The lowest BCUT2D eigenvalue weighted by Gasteiger charge is -2.37. The Morgan fingerprint density at radius 3 is 2.71 bits per heavy atom. The fourth-order valence-corrected chi connectivity index (χ4v) is 10.3. The summed E-state index contributed by atoms with van der Waals surface area (Å²) in [6.45, 7) is 0.677. The smallest absolute Gasteiger partial charge is 0.434 e. The van der Waals surface area contributed by atoms with E-state index in [0.29, 0.717) is 71.9 Å². The number of hydrogen-bond donors (Lipinski definition) is 2. The largest absolute Gasteiger partial charge is 0.492 e. The maximum Gasteiger partial charge on any atom is 0.434 e. The van der Waals surface area contributed by atoms with E-state index in [0.717, 1.165) is 44.6 Å². The van der Waals surface area contributed by atoms with E-state index in [1.54, 1.807) is 24.4 Å². The molecule has 3 fully saturated rings. The lowest BCUT2D eigenvalue weighted by Crippen LogP contribution is -2.40. The minimum absolute atomic E-state index is 0.0408. The molecular formula is C38H29ClF2N6O4S. The minimum atomic E-state index is -0.726. The molecule has 1 atom stereocenters. The fraction of sp³-hybridized carbons (Fsp3) is 0.289. The second-order valence-corrected chi connectivity index (χ2v) is 15.5. The van der Waals surface area contributed by atoms with Gasteiger partial charge in [-0.2, -0.15) is 0 Å². The van der Waals surface area contributed by atoms with Gasteiger partial charge in [-0.3, -0.25) is 9.78 Å². The Morgan fingerprint density at radius 2 is 1.94 bits per heavy atom. The Morgan fingerprint density at radius 1 is 1.12 bits per heavy atom. The van der Waals surface area contributed by atoms with Crippen LogP contribution in [0.5, 0.6) is 5.75 Å². The molecule has 1 spiro atoms. The number of ether oxygens (including phenoxy) is 1. The molecule has 6 aromatic rings. The molecule has 2 N–H and O–H groups in total. The number of H-pyrrole nitrogens is 1. The number of hydrogen-bond acceptors (Lipinski definition) is 9. The number of halogens is 3. The number of methoxy groups -OCH3 is 1. The Bertz CT molecular complexity index is 2540. The molecule has 5 aliphatic rings. The van der Waals surface area contributed by atoms with Crippen molar-refractivity contribution < 1.29 is 22.7 Å². The molecule has 7 heterocycles. The first-order chi connectivity index (χ1) is 25.2. The van der Waals surface area contributed by atoms with Crippen molar-refractivity contribution in [3.05, 3.63) is 110 Å². The Labute approximate surface area is 303 Å². The van der Waals surface area contributed by atoms with Crippen molar-refractivity contribution in [2.24, 2.45) is 5.92 Å². The normalized spacial score (nSPS) is 21.0. The average molecular weight is 739 g/mol. The number of thiophene rings is 1. The van der Waals surface area contributed by atoms with E-state index >= 15 is 4.39 Å². The molecule has 2 aromatic carbocycles. The number of anilines is 1. The molecule has 11 rings (SSSR count). The zero-order valence-electron chi connectivity index (χ0n) is 27.7. The van der Waals surface area contributed by atoms with Crippen LogP contribution in [0.25, 0.3) is 32.0 Å². The molecule has 10 nitrogen and oxygen atoms in total. The van der Waals surface area contributed by atoms with Gasteiger partial charge in [0.2, 0.25) is 0 Å². The van der Waals surface area contributed by atoms with Gasteiger partial charge in [0, 0.05) is 23.2 Å². The summed E-state index contributed by atoms with van der Waals surface area (Å²) in [5.41, 5.74) is 4.77. The number of aromatic amines is 1.